The molecule has 5 heteroatoms. The van der Waals surface area contributed by atoms with Crippen molar-refractivity contribution in [3.63, 3.8) is 0 Å². The van der Waals surface area contributed by atoms with E-state index in [4.69, 9.17) is 21.1 Å². The molecule has 0 amide bonds. The normalized spacial score (nSPS) is 10.5. The average molecular weight is 339 g/mol. The summed E-state index contributed by atoms with van der Waals surface area (Å²) < 4.78 is 11.4. The van der Waals surface area contributed by atoms with E-state index < -0.39 is 0 Å². The second-order valence-electron chi connectivity index (χ2n) is 4.76. The fourth-order valence-corrected chi connectivity index (χ4v) is 2.87. The van der Waals surface area contributed by atoms with E-state index in [1.54, 1.807) is 24.9 Å². The zero-order chi connectivity index (χ0) is 15.9. The highest BCUT2D eigenvalue weighted by Gasteiger charge is 2.14. The van der Waals surface area contributed by atoms with Gasteiger partial charge in [-0.15, -0.1) is 0 Å². The Morgan fingerprint density at radius 1 is 1.18 bits per heavy atom. The van der Waals surface area contributed by atoms with E-state index in [1.165, 1.54) is 0 Å². The van der Waals surface area contributed by atoms with Crippen LogP contribution in [0.3, 0.4) is 0 Å². The lowest BCUT2D eigenvalue weighted by atomic mass is 10.1. The summed E-state index contributed by atoms with van der Waals surface area (Å²) in [5, 5.41) is 10.0. The molecule has 0 saturated heterocycles. The van der Waals surface area contributed by atoms with Gasteiger partial charge in [0.15, 0.2) is 11.5 Å². The highest BCUT2D eigenvalue weighted by molar-refractivity contribution is 7.97. The zero-order valence-corrected chi connectivity index (χ0v) is 14.2. The maximum Gasteiger partial charge on any atom is 0.165 e. The van der Waals surface area contributed by atoms with Crippen LogP contribution in [-0.2, 0) is 19.0 Å². The molecular formula is C17H19ClO3S. The maximum atomic E-state index is 9.36. The number of rotatable bonds is 7. The summed E-state index contributed by atoms with van der Waals surface area (Å²) >= 11 is 7.85. The summed E-state index contributed by atoms with van der Waals surface area (Å²) in [4.78, 5) is 0. The predicted octanol–water partition coefficient (Wildman–Crippen LogP) is 4.28. The average Bonchev–Trinajstić information content (AvgIpc) is 2.54. The molecule has 2 aromatic rings. The summed E-state index contributed by atoms with van der Waals surface area (Å²) in [5.74, 6) is 2.11. The van der Waals surface area contributed by atoms with Gasteiger partial charge in [-0.05, 0) is 30.0 Å². The Labute approximate surface area is 140 Å². The van der Waals surface area contributed by atoms with Crippen molar-refractivity contribution in [2.24, 2.45) is 0 Å². The van der Waals surface area contributed by atoms with Gasteiger partial charge in [0.2, 0.25) is 0 Å². The molecule has 0 saturated carbocycles. The number of aliphatic hydroxyl groups excluding tert-OH is 1. The van der Waals surface area contributed by atoms with Crippen LogP contribution >= 0.6 is 23.4 Å². The number of aliphatic hydroxyl groups is 1. The summed E-state index contributed by atoms with van der Waals surface area (Å²) in [5.41, 5.74) is 2.74. The smallest absolute Gasteiger partial charge is 0.165 e. The Morgan fingerprint density at radius 3 is 2.59 bits per heavy atom. The van der Waals surface area contributed by atoms with Gasteiger partial charge in [-0.25, -0.2) is 0 Å². The van der Waals surface area contributed by atoms with Crippen molar-refractivity contribution in [1.82, 2.24) is 0 Å². The van der Waals surface area contributed by atoms with Gasteiger partial charge in [-0.1, -0.05) is 29.8 Å². The van der Waals surface area contributed by atoms with Gasteiger partial charge >= 0.3 is 0 Å². The number of hydrogen-bond acceptors (Lipinski definition) is 4. The van der Waals surface area contributed by atoms with E-state index in [2.05, 4.69) is 0 Å². The molecule has 0 heterocycles. The molecule has 0 aliphatic heterocycles. The Morgan fingerprint density at radius 2 is 1.95 bits per heavy atom. The lowest BCUT2D eigenvalue weighted by Crippen LogP contribution is -2.02. The van der Waals surface area contributed by atoms with E-state index >= 15 is 0 Å². The molecule has 1 N–H and O–H groups in total. The molecule has 0 radical (unpaired) electrons. The first-order chi connectivity index (χ1) is 10.7. The number of ether oxygens (including phenoxy) is 2. The van der Waals surface area contributed by atoms with Crippen LogP contribution in [0, 0.1) is 0 Å². The standard InChI is InChI=1S/C17H19ClO3S/c1-20-16-8-12(9-19)7-14(11-22-2)17(16)21-10-13-5-3-4-6-15(13)18/h3-8,19H,9-11H2,1-2H3. The molecule has 0 aromatic heterocycles. The minimum absolute atomic E-state index is 0.0253. The van der Waals surface area contributed by atoms with Gasteiger partial charge in [0, 0.05) is 21.9 Å². The van der Waals surface area contributed by atoms with Crippen molar-refractivity contribution < 1.29 is 14.6 Å². The molecule has 0 atom stereocenters. The quantitative estimate of drug-likeness (QED) is 0.817. The third-order valence-corrected chi connectivity index (χ3v) is 4.19. The first kappa shape index (κ1) is 17.0. The van der Waals surface area contributed by atoms with Crippen LogP contribution < -0.4 is 9.47 Å². The van der Waals surface area contributed by atoms with Crippen molar-refractivity contribution in [3.8, 4) is 11.5 Å². The fraction of sp³-hybridized carbons (Fsp3) is 0.294. The van der Waals surface area contributed by atoms with E-state index in [9.17, 15) is 5.11 Å². The SMILES string of the molecule is COc1cc(CO)cc(CSC)c1OCc1ccccc1Cl. The zero-order valence-electron chi connectivity index (χ0n) is 12.6. The van der Waals surface area contributed by atoms with Gasteiger partial charge in [-0.3, -0.25) is 0 Å². The predicted molar refractivity (Wildman–Crippen MR) is 91.9 cm³/mol. The molecule has 2 aromatic carbocycles. The van der Waals surface area contributed by atoms with Gasteiger partial charge in [0.25, 0.3) is 0 Å². The lowest BCUT2D eigenvalue weighted by molar-refractivity contribution is 0.273. The molecule has 0 bridgehead atoms. The third-order valence-electron chi connectivity index (χ3n) is 3.22. The monoisotopic (exact) mass is 338 g/mol. The van der Waals surface area contributed by atoms with Crippen molar-refractivity contribution in [2.45, 2.75) is 19.0 Å². The Bertz CT molecular complexity index is 631. The number of thioether (sulfide) groups is 1. The van der Waals surface area contributed by atoms with Crippen LogP contribution in [0.1, 0.15) is 16.7 Å². The minimum Gasteiger partial charge on any atom is -0.493 e. The number of benzene rings is 2. The molecule has 0 unspecified atom stereocenters. The van der Waals surface area contributed by atoms with Crippen LogP contribution in [0.4, 0.5) is 0 Å². The van der Waals surface area contributed by atoms with Gasteiger partial charge in [0.05, 0.1) is 13.7 Å². The van der Waals surface area contributed by atoms with E-state index in [1.807, 2.05) is 36.6 Å². The van der Waals surface area contributed by atoms with Gasteiger partial charge in [0.1, 0.15) is 6.61 Å². The molecule has 0 fully saturated rings. The third kappa shape index (κ3) is 4.09. The van der Waals surface area contributed by atoms with Gasteiger partial charge in [-0.2, -0.15) is 11.8 Å². The van der Waals surface area contributed by atoms with Crippen molar-refractivity contribution in [3.05, 3.63) is 58.1 Å². The summed E-state index contributed by atoms with van der Waals surface area (Å²) in [7, 11) is 1.60. The molecule has 118 valence electrons. The Kier molecular flexibility index (Phi) is 6.43. The first-order valence-electron chi connectivity index (χ1n) is 6.85. The second kappa shape index (κ2) is 8.32. The molecule has 0 spiro atoms. The lowest BCUT2D eigenvalue weighted by Gasteiger charge is -2.16. The first-order valence-corrected chi connectivity index (χ1v) is 8.62. The number of methoxy groups -OCH3 is 1. The minimum atomic E-state index is -0.0253. The van der Waals surface area contributed by atoms with E-state index in [-0.39, 0.29) is 6.61 Å². The number of halogens is 1. The highest BCUT2D eigenvalue weighted by atomic mass is 35.5. The van der Waals surface area contributed by atoms with E-state index in [0.29, 0.717) is 23.1 Å². The van der Waals surface area contributed by atoms with Crippen LogP contribution in [0.25, 0.3) is 0 Å². The fourth-order valence-electron chi connectivity index (χ4n) is 2.16. The Hall–Kier alpha value is -1.36. The molecule has 0 aliphatic rings. The molecule has 3 nitrogen and oxygen atoms in total. The second-order valence-corrected chi connectivity index (χ2v) is 6.03. The highest BCUT2D eigenvalue weighted by Crippen LogP contribution is 2.35. The van der Waals surface area contributed by atoms with E-state index in [0.717, 1.165) is 22.4 Å². The van der Waals surface area contributed by atoms with Crippen molar-refractivity contribution in [2.75, 3.05) is 13.4 Å². The van der Waals surface area contributed by atoms with Gasteiger partial charge < -0.3 is 14.6 Å². The Balaban J connectivity index is 2.30. The van der Waals surface area contributed by atoms with Crippen LogP contribution in [-0.4, -0.2) is 18.5 Å². The van der Waals surface area contributed by atoms with Crippen LogP contribution in [0.5, 0.6) is 11.5 Å². The molecule has 22 heavy (non-hydrogen) atoms. The molecular weight excluding hydrogens is 320 g/mol. The van der Waals surface area contributed by atoms with Crippen molar-refractivity contribution in [1.29, 1.82) is 0 Å². The summed E-state index contributed by atoms with van der Waals surface area (Å²) in [6.45, 7) is 0.346. The largest absolute Gasteiger partial charge is 0.493 e. The molecule has 0 aliphatic carbocycles. The summed E-state index contributed by atoms with van der Waals surface area (Å²) in [6, 6.07) is 11.3. The summed E-state index contributed by atoms with van der Waals surface area (Å²) in [6.07, 6.45) is 2.02. The maximum absolute atomic E-state index is 9.36. The van der Waals surface area contributed by atoms with Crippen LogP contribution in [0.2, 0.25) is 5.02 Å². The topological polar surface area (TPSA) is 38.7 Å². The van der Waals surface area contributed by atoms with Crippen LogP contribution in [0.15, 0.2) is 36.4 Å². The molecule has 2 rings (SSSR count). The number of hydrogen-bond donors (Lipinski definition) is 1. The van der Waals surface area contributed by atoms with Crippen molar-refractivity contribution >= 4 is 23.4 Å².